The van der Waals surface area contributed by atoms with Gasteiger partial charge in [0, 0.05) is 24.7 Å². The van der Waals surface area contributed by atoms with E-state index >= 15 is 0 Å². The van der Waals surface area contributed by atoms with Gasteiger partial charge >= 0.3 is 6.03 Å². The second kappa shape index (κ2) is 7.30. The highest BCUT2D eigenvalue weighted by Gasteiger charge is 2.30. The molecular weight excluding hydrogens is 326 g/mol. The number of sulfonamides is 1. The van der Waals surface area contributed by atoms with Crippen LogP contribution in [0.4, 0.5) is 4.79 Å². The van der Waals surface area contributed by atoms with E-state index in [0.717, 1.165) is 5.56 Å². The molecule has 1 aliphatic rings. The second-order valence-electron chi connectivity index (χ2n) is 5.41. The number of carbonyl (C=O) groups is 1. The number of nitrogens with one attached hydrogen (secondary N) is 1. The SMILES string of the molecule is NS(=O)(=O)C1CCCN(C(=O)NCCc2cccc(Cl)c2)C1. The number of nitrogens with zero attached hydrogens (tertiary/aromatic N) is 1. The smallest absolute Gasteiger partial charge is 0.317 e. The number of piperidine rings is 1. The molecule has 1 aromatic rings. The van der Waals surface area contributed by atoms with Gasteiger partial charge in [-0.2, -0.15) is 0 Å². The minimum Gasteiger partial charge on any atom is -0.338 e. The van der Waals surface area contributed by atoms with Crippen LogP contribution in [0.25, 0.3) is 0 Å². The average Bonchev–Trinajstić information content (AvgIpc) is 2.46. The van der Waals surface area contributed by atoms with Gasteiger partial charge in [0.05, 0.1) is 5.25 Å². The Morgan fingerprint density at radius 1 is 1.45 bits per heavy atom. The van der Waals surface area contributed by atoms with Crippen molar-refractivity contribution in [3.63, 3.8) is 0 Å². The number of urea groups is 1. The van der Waals surface area contributed by atoms with Gasteiger partial charge < -0.3 is 10.2 Å². The molecule has 1 atom stereocenters. The van der Waals surface area contributed by atoms with Crippen molar-refractivity contribution in [2.24, 2.45) is 5.14 Å². The Labute approximate surface area is 135 Å². The first-order chi connectivity index (χ1) is 10.4. The number of hydrogen-bond donors (Lipinski definition) is 2. The van der Waals surface area contributed by atoms with Crippen molar-refractivity contribution in [3.8, 4) is 0 Å². The number of likely N-dealkylation sites (tertiary alicyclic amines) is 1. The lowest BCUT2D eigenvalue weighted by Gasteiger charge is -2.31. The molecule has 0 bridgehead atoms. The Bertz CT molecular complexity index is 636. The van der Waals surface area contributed by atoms with E-state index < -0.39 is 15.3 Å². The Hall–Kier alpha value is -1.31. The molecule has 0 aliphatic carbocycles. The van der Waals surface area contributed by atoms with Gasteiger partial charge in [-0.1, -0.05) is 23.7 Å². The van der Waals surface area contributed by atoms with Crippen LogP contribution >= 0.6 is 11.6 Å². The Balaban J connectivity index is 1.82. The highest BCUT2D eigenvalue weighted by atomic mass is 35.5. The third-order valence-corrected chi connectivity index (χ3v) is 5.26. The van der Waals surface area contributed by atoms with Gasteiger partial charge in [0.25, 0.3) is 0 Å². The molecule has 0 radical (unpaired) electrons. The van der Waals surface area contributed by atoms with E-state index in [1.807, 2.05) is 18.2 Å². The molecule has 1 aliphatic heterocycles. The molecule has 1 aromatic carbocycles. The highest BCUT2D eigenvalue weighted by Crippen LogP contribution is 2.15. The van der Waals surface area contributed by atoms with Crippen molar-refractivity contribution < 1.29 is 13.2 Å². The highest BCUT2D eigenvalue weighted by molar-refractivity contribution is 7.89. The van der Waals surface area contributed by atoms with Crippen molar-refractivity contribution >= 4 is 27.7 Å². The Morgan fingerprint density at radius 2 is 2.23 bits per heavy atom. The van der Waals surface area contributed by atoms with Crippen molar-refractivity contribution in [1.29, 1.82) is 0 Å². The van der Waals surface area contributed by atoms with Crippen LogP contribution in [0.3, 0.4) is 0 Å². The molecule has 122 valence electrons. The summed E-state index contributed by atoms with van der Waals surface area (Å²) < 4.78 is 22.8. The maximum Gasteiger partial charge on any atom is 0.317 e. The largest absolute Gasteiger partial charge is 0.338 e. The summed E-state index contributed by atoms with van der Waals surface area (Å²) in [6.45, 7) is 1.17. The first kappa shape index (κ1) is 17.1. The summed E-state index contributed by atoms with van der Waals surface area (Å²) in [7, 11) is -3.60. The molecule has 22 heavy (non-hydrogen) atoms. The number of benzene rings is 1. The molecule has 2 amide bonds. The summed E-state index contributed by atoms with van der Waals surface area (Å²) in [5, 5.41) is 7.96. The van der Waals surface area contributed by atoms with Gasteiger partial charge in [-0.25, -0.2) is 18.4 Å². The van der Waals surface area contributed by atoms with E-state index in [1.54, 1.807) is 6.07 Å². The molecule has 0 aromatic heterocycles. The predicted molar refractivity (Wildman–Crippen MR) is 86.3 cm³/mol. The normalized spacial score (nSPS) is 19.0. The summed E-state index contributed by atoms with van der Waals surface area (Å²) in [5.74, 6) is 0. The predicted octanol–water partition coefficient (Wildman–Crippen LogP) is 1.35. The third-order valence-electron chi connectivity index (χ3n) is 3.71. The zero-order chi connectivity index (χ0) is 16.2. The summed E-state index contributed by atoms with van der Waals surface area (Å²) in [5.41, 5.74) is 1.04. The monoisotopic (exact) mass is 345 g/mol. The van der Waals surface area contributed by atoms with Gasteiger partial charge in [-0.05, 0) is 37.0 Å². The molecule has 1 saturated heterocycles. The van der Waals surface area contributed by atoms with Gasteiger partial charge in [0.15, 0.2) is 0 Å². The fraction of sp³-hybridized carbons (Fsp3) is 0.500. The van der Waals surface area contributed by atoms with Crippen LogP contribution in [0.2, 0.25) is 5.02 Å². The molecule has 1 heterocycles. The number of hydrogen-bond acceptors (Lipinski definition) is 3. The maximum absolute atomic E-state index is 12.1. The average molecular weight is 346 g/mol. The standard InChI is InChI=1S/C14H20ClN3O3S/c15-12-4-1-3-11(9-12)6-7-17-14(19)18-8-2-5-13(10-18)22(16,20)21/h1,3-4,9,13H,2,5-8,10H2,(H,17,19)(H2,16,20,21). The quantitative estimate of drug-likeness (QED) is 0.862. The second-order valence-corrected chi connectivity index (χ2v) is 7.69. The number of rotatable bonds is 4. The van der Waals surface area contributed by atoms with Crippen LogP contribution in [-0.2, 0) is 16.4 Å². The number of nitrogens with two attached hydrogens (primary N) is 1. The van der Waals surface area contributed by atoms with Crippen LogP contribution in [0.1, 0.15) is 18.4 Å². The van der Waals surface area contributed by atoms with E-state index in [9.17, 15) is 13.2 Å². The van der Waals surface area contributed by atoms with Crippen LogP contribution in [0.15, 0.2) is 24.3 Å². The fourth-order valence-electron chi connectivity index (χ4n) is 2.51. The minimum absolute atomic E-state index is 0.155. The van der Waals surface area contributed by atoms with E-state index in [4.69, 9.17) is 16.7 Å². The fourth-order valence-corrected chi connectivity index (χ4v) is 3.60. The lowest BCUT2D eigenvalue weighted by molar-refractivity contribution is 0.187. The molecule has 6 nitrogen and oxygen atoms in total. The molecule has 1 fully saturated rings. The molecule has 8 heteroatoms. The third kappa shape index (κ3) is 4.86. The van der Waals surface area contributed by atoms with Gasteiger partial charge in [-0.15, -0.1) is 0 Å². The summed E-state index contributed by atoms with van der Waals surface area (Å²) in [6, 6.07) is 7.20. The van der Waals surface area contributed by atoms with Crippen LogP contribution < -0.4 is 10.5 Å². The number of amides is 2. The van der Waals surface area contributed by atoms with E-state index in [1.165, 1.54) is 4.90 Å². The van der Waals surface area contributed by atoms with E-state index in [-0.39, 0.29) is 12.6 Å². The Morgan fingerprint density at radius 3 is 2.91 bits per heavy atom. The first-order valence-corrected chi connectivity index (χ1v) is 9.14. The number of primary sulfonamides is 1. The summed E-state index contributed by atoms with van der Waals surface area (Å²) in [4.78, 5) is 13.6. The van der Waals surface area contributed by atoms with Gasteiger partial charge in [0.2, 0.25) is 10.0 Å². The molecule has 0 spiro atoms. The van der Waals surface area contributed by atoms with E-state index in [0.29, 0.717) is 37.4 Å². The van der Waals surface area contributed by atoms with Crippen molar-refractivity contribution in [2.45, 2.75) is 24.5 Å². The van der Waals surface area contributed by atoms with Crippen LogP contribution in [0.5, 0.6) is 0 Å². The van der Waals surface area contributed by atoms with Crippen molar-refractivity contribution in [3.05, 3.63) is 34.9 Å². The Kier molecular flexibility index (Phi) is 5.66. The van der Waals surface area contributed by atoms with Gasteiger partial charge in [0.1, 0.15) is 0 Å². The van der Waals surface area contributed by atoms with Crippen molar-refractivity contribution in [2.75, 3.05) is 19.6 Å². The molecule has 3 N–H and O–H groups in total. The van der Waals surface area contributed by atoms with Crippen molar-refractivity contribution in [1.82, 2.24) is 10.2 Å². The topological polar surface area (TPSA) is 92.5 Å². The molecular formula is C14H20ClN3O3S. The van der Waals surface area contributed by atoms with E-state index in [2.05, 4.69) is 5.32 Å². The van der Waals surface area contributed by atoms with Gasteiger partial charge in [-0.3, -0.25) is 0 Å². The molecule has 1 unspecified atom stereocenters. The molecule has 0 saturated carbocycles. The summed E-state index contributed by atoms with van der Waals surface area (Å²) >= 11 is 5.90. The molecule has 2 rings (SSSR count). The van der Waals surface area contributed by atoms with Crippen LogP contribution in [0, 0.1) is 0 Å². The maximum atomic E-state index is 12.1. The number of carbonyl (C=O) groups excluding carboxylic acids is 1. The first-order valence-electron chi connectivity index (χ1n) is 7.15. The lowest BCUT2D eigenvalue weighted by atomic mass is 10.1. The van der Waals surface area contributed by atoms with Crippen LogP contribution in [-0.4, -0.2) is 44.2 Å². The lowest BCUT2D eigenvalue weighted by Crippen LogP contribution is -2.50. The zero-order valence-corrected chi connectivity index (χ0v) is 13.7. The summed E-state index contributed by atoms with van der Waals surface area (Å²) in [6.07, 6.45) is 1.81. The minimum atomic E-state index is -3.60. The number of halogens is 1. The zero-order valence-electron chi connectivity index (χ0n) is 12.2.